The van der Waals surface area contributed by atoms with Crippen molar-refractivity contribution in [1.82, 2.24) is 5.32 Å². The SMILES string of the molecule is CC(C)(C)NC(=O)Oc1ccc(-c2cccs2)cc1N. The van der Waals surface area contributed by atoms with E-state index < -0.39 is 6.09 Å². The lowest BCUT2D eigenvalue weighted by molar-refractivity contribution is 0.191. The van der Waals surface area contributed by atoms with Gasteiger partial charge in [-0.3, -0.25) is 0 Å². The van der Waals surface area contributed by atoms with Gasteiger partial charge in [0.25, 0.3) is 0 Å². The second-order valence-electron chi connectivity index (χ2n) is 5.49. The van der Waals surface area contributed by atoms with Gasteiger partial charge in [0, 0.05) is 10.4 Å². The number of carbonyl (C=O) groups is 1. The summed E-state index contributed by atoms with van der Waals surface area (Å²) in [6.45, 7) is 5.66. The van der Waals surface area contributed by atoms with Crippen LogP contribution in [0.15, 0.2) is 35.7 Å². The van der Waals surface area contributed by atoms with Crippen LogP contribution < -0.4 is 15.8 Å². The zero-order valence-corrected chi connectivity index (χ0v) is 12.6. The van der Waals surface area contributed by atoms with Gasteiger partial charge in [0.2, 0.25) is 0 Å². The molecule has 0 aliphatic heterocycles. The van der Waals surface area contributed by atoms with Gasteiger partial charge < -0.3 is 15.8 Å². The first-order valence-electron chi connectivity index (χ1n) is 6.28. The third kappa shape index (κ3) is 3.74. The molecular formula is C15H18N2O2S. The predicted molar refractivity (Wildman–Crippen MR) is 83.1 cm³/mol. The molecule has 0 fully saturated rings. The van der Waals surface area contributed by atoms with Gasteiger partial charge in [-0.05, 0) is 56.0 Å². The molecule has 0 radical (unpaired) electrons. The van der Waals surface area contributed by atoms with E-state index in [-0.39, 0.29) is 5.54 Å². The number of nitrogen functional groups attached to an aromatic ring is 1. The standard InChI is InChI=1S/C15H18N2O2S/c1-15(2,3)17-14(18)19-12-7-6-10(9-11(12)16)13-5-4-8-20-13/h4-9H,16H2,1-3H3,(H,17,18). The number of rotatable bonds is 2. The zero-order chi connectivity index (χ0) is 14.8. The van der Waals surface area contributed by atoms with E-state index in [0.717, 1.165) is 10.4 Å². The number of amides is 1. The van der Waals surface area contributed by atoms with Crippen molar-refractivity contribution in [2.75, 3.05) is 5.73 Å². The summed E-state index contributed by atoms with van der Waals surface area (Å²) in [5.74, 6) is 0.368. The second kappa shape index (κ2) is 5.54. The Balaban J connectivity index is 2.13. The van der Waals surface area contributed by atoms with Gasteiger partial charge in [-0.1, -0.05) is 6.07 Å². The monoisotopic (exact) mass is 290 g/mol. The molecule has 1 aromatic heterocycles. The lowest BCUT2D eigenvalue weighted by Gasteiger charge is -2.20. The molecule has 0 spiro atoms. The molecule has 1 heterocycles. The van der Waals surface area contributed by atoms with Crippen LogP contribution >= 0.6 is 11.3 Å². The van der Waals surface area contributed by atoms with Crippen LogP contribution in [0.5, 0.6) is 5.75 Å². The van der Waals surface area contributed by atoms with Crippen LogP contribution in [0.2, 0.25) is 0 Å². The minimum absolute atomic E-state index is 0.344. The second-order valence-corrected chi connectivity index (χ2v) is 6.44. The van der Waals surface area contributed by atoms with Crippen LogP contribution in [0, 0.1) is 0 Å². The number of nitrogens with one attached hydrogen (secondary N) is 1. The third-order valence-corrected chi connectivity index (χ3v) is 3.41. The van der Waals surface area contributed by atoms with E-state index in [1.54, 1.807) is 17.4 Å². The largest absolute Gasteiger partial charge is 0.413 e. The molecule has 20 heavy (non-hydrogen) atoms. The quantitative estimate of drug-likeness (QED) is 0.825. The van der Waals surface area contributed by atoms with E-state index in [1.165, 1.54) is 0 Å². The van der Waals surface area contributed by atoms with Crippen LogP contribution in [-0.2, 0) is 0 Å². The Bertz CT molecular complexity index is 601. The average Bonchev–Trinajstić information content (AvgIpc) is 2.82. The Morgan fingerprint density at radius 1 is 1.30 bits per heavy atom. The molecule has 2 rings (SSSR count). The molecule has 0 saturated carbocycles. The van der Waals surface area contributed by atoms with Crippen molar-refractivity contribution in [1.29, 1.82) is 0 Å². The van der Waals surface area contributed by atoms with Crippen molar-refractivity contribution in [2.24, 2.45) is 0 Å². The minimum Gasteiger partial charge on any atom is -0.408 e. The number of benzene rings is 1. The maximum atomic E-state index is 11.7. The number of carbonyl (C=O) groups excluding carboxylic acids is 1. The fourth-order valence-electron chi connectivity index (χ4n) is 1.67. The van der Waals surface area contributed by atoms with Crippen molar-refractivity contribution in [2.45, 2.75) is 26.3 Å². The van der Waals surface area contributed by atoms with E-state index in [4.69, 9.17) is 10.5 Å². The van der Waals surface area contributed by atoms with Crippen LogP contribution in [0.25, 0.3) is 10.4 Å². The van der Waals surface area contributed by atoms with Crippen LogP contribution in [0.1, 0.15) is 20.8 Å². The lowest BCUT2D eigenvalue weighted by Crippen LogP contribution is -2.42. The molecule has 3 N–H and O–H groups in total. The molecule has 0 aliphatic carbocycles. The normalized spacial score (nSPS) is 11.2. The summed E-state index contributed by atoms with van der Waals surface area (Å²) in [5.41, 5.74) is 7.05. The predicted octanol–water partition coefficient (Wildman–Crippen LogP) is 3.88. The molecular weight excluding hydrogens is 272 g/mol. The molecule has 5 heteroatoms. The topological polar surface area (TPSA) is 64.3 Å². The highest BCUT2D eigenvalue weighted by Gasteiger charge is 2.16. The maximum Gasteiger partial charge on any atom is 0.413 e. The van der Waals surface area contributed by atoms with Crippen LogP contribution in [-0.4, -0.2) is 11.6 Å². The highest BCUT2D eigenvalue weighted by molar-refractivity contribution is 7.13. The summed E-state index contributed by atoms with van der Waals surface area (Å²) < 4.78 is 5.22. The van der Waals surface area contributed by atoms with Gasteiger partial charge in [-0.15, -0.1) is 11.3 Å². The first-order valence-corrected chi connectivity index (χ1v) is 7.16. The lowest BCUT2D eigenvalue weighted by atomic mass is 10.1. The van der Waals surface area contributed by atoms with E-state index in [9.17, 15) is 4.79 Å². The smallest absolute Gasteiger partial charge is 0.408 e. The molecule has 1 aromatic carbocycles. The Labute approximate surface area is 122 Å². The fraction of sp³-hybridized carbons (Fsp3) is 0.267. The van der Waals surface area contributed by atoms with Crippen molar-refractivity contribution < 1.29 is 9.53 Å². The molecule has 2 aromatic rings. The average molecular weight is 290 g/mol. The van der Waals surface area contributed by atoms with Crippen molar-refractivity contribution in [3.8, 4) is 16.2 Å². The molecule has 106 valence electrons. The van der Waals surface area contributed by atoms with E-state index in [1.807, 2.05) is 50.4 Å². The molecule has 1 amide bonds. The molecule has 0 saturated heterocycles. The van der Waals surface area contributed by atoms with Gasteiger partial charge in [0.15, 0.2) is 5.75 Å². The van der Waals surface area contributed by atoms with E-state index in [2.05, 4.69) is 5.32 Å². The van der Waals surface area contributed by atoms with E-state index in [0.29, 0.717) is 11.4 Å². The van der Waals surface area contributed by atoms with Gasteiger partial charge in [-0.2, -0.15) is 0 Å². The third-order valence-electron chi connectivity index (χ3n) is 2.50. The van der Waals surface area contributed by atoms with Crippen LogP contribution in [0.3, 0.4) is 0 Å². The number of hydrogen-bond donors (Lipinski definition) is 2. The highest BCUT2D eigenvalue weighted by Crippen LogP contribution is 2.31. The maximum absolute atomic E-state index is 11.7. The Kier molecular flexibility index (Phi) is 3.99. The van der Waals surface area contributed by atoms with Gasteiger partial charge in [0.1, 0.15) is 0 Å². The minimum atomic E-state index is -0.506. The summed E-state index contributed by atoms with van der Waals surface area (Å²) in [6.07, 6.45) is -0.506. The number of nitrogens with two attached hydrogens (primary N) is 1. The van der Waals surface area contributed by atoms with E-state index >= 15 is 0 Å². The van der Waals surface area contributed by atoms with Gasteiger partial charge in [0.05, 0.1) is 5.69 Å². The molecule has 0 atom stereocenters. The van der Waals surface area contributed by atoms with Crippen molar-refractivity contribution in [3.05, 3.63) is 35.7 Å². The number of thiophene rings is 1. The van der Waals surface area contributed by atoms with Gasteiger partial charge >= 0.3 is 6.09 Å². The molecule has 0 aliphatic rings. The van der Waals surface area contributed by atoms with Crippen molar-refractivity contribution >= 4 is 23.1 Å². The van der Waals surface area contributed by atoms with Crippen LogP contribution in [0.4, 0.5) is 10.5 Å². The summed E-state index contributed by atoms with van der Waals surface area (Å²) in [6, 6.07) is 9.42. The number of anilines is 1. The molecule has 0 unspecified atom stereocenters. The first kappa shape index (κ1) is 14.4. The summed E-state index contributed by atoms with van der Waals surface area (Å²) >= 11 is 1.64. The Morgan fingerprint density at radius 3 is 2.60 bits per heavy atom. The molecule has 4 nitrogen and oxygen atoms in total. The summed E-state index contributed by atoms with van der Waals surface area (Å²) in [5, 5.41) is 4.73. The summed E-state index contributed by atoms with van der Waals surface area (Å²) in [7, 11) is 0. The zero-order valence-electron chi connectivity index (χ0n) is 11.8. The summed E-state index contributed by atoms with van der Waals surface area (Å²) in [4.78, 5) is 12.8. The first-order chi connectivity index (χ1) is 9.35. The fourth-order valence-corrected chi connectivity index (χ4v) is 2.39. The number of ether oxygens (including phenoxy) is 1. The van der Waals surface area contributed by atoms with Gasteiger partial charge in [-0.25, -0.2) is 4.79 Å². The van der Waals surface area contributed by atoms with Crippen molar-refractivity contribution in [3.63, 3.8) is 0 Å². The highest BCUT2D eigenvalue weighted by atomic mass is 32.1. The number of hydrogen-bond acceptors (Lipinski definition) is 4. The Hall–Kier alpha value is -2.01. The Morgan fingerprint density at radius 2 is 2.05 bits per heavy atom. The molecule has 0 bridgehead atoms.